The molecule has 0 atom stereocenters. The predicted molar refractivity (Wildman–Crippen MR) is 85.0 cm³/mol. The van der Waals surface area contributed by atoms with Crippen LogP contribution in [-0.2, 0) is 10.7 Å². The number of nitrogens with zero attached hydrogens (tertiary/aromatic N) is 1. The Bertz CT molecular complexity index is 514. The van der Waals surface area contributed by atoms with Gasteiger partial charge in [0.1, 0.15) is 0 Å². The van der Waals surface area contributed by atoms with Gasteiger partial charge in [0.15, 0.2) is 0 Å². The molecule has 0 fully saturated rings. The van der Waals surface area contributed by atoms with E-state index in [0.29, 0.717) is 26.8 Å². The van der Waals surface area contributed by atoms with Crippen LogP contribution >= 0.6 is 11.6 Å². The van der Waals surface area contributed by atoms with Crippen molar-refractivity contribution in [2.45, 2.75) is 45.1 Å². The second-order valence-corrected chi connectivity index (χ2v) is 8.22. The molecule has 0 aliphatic heterocycles. The van der Waals surface area contributed by atoms with E-state index in [2.05, 4.69) is 32.1 Å². The SMILES string of the molecule is Cc1cc(Cl)cc(C(=O)N=S(C(C)C)C(C)C)c1N. The first kappa shape index (κ1) is 16.2. The van der Waals surface area contributed by atoms with Gasteiger partial charge in [-0.15, -0.1) is 0 Å². The van der Waals surface area contributed by atoms with Crippen molar-refractivity contribution in [1.29, 1.82) is 0 Å². The van der Waals surface area contributed by atoms with E-state index < -0.39 is 0 Å². The van der Waals surface area contributed by atoms with E-state index in [1.807, 2.05) is 6.92 Å². The van der Waals surface area contributed by atoms with Gasteiger partial charge in [-0.05, 0) is 24.6 Å². The Kier molecular flexibility index (Phi) is 5.56. The molecule has 19 heavy (non-hydrogen) atoms. The van der Waals surface area contributed by atoms with E-state index in [1.165, 1.54) is 0 Å². The van der Waals surface area contributed by atoms with Crippen LogP contribution in [0.5, 0.6) is 0 Å². The molecule has 0 aliphatic rings. The largest absolute Gasteiger partial charge is 0.398 e. The molecule has 0 saturated carbocycles. The maximum absolute atomic E-state index is 12.3. The Morgan fingerprint density at radius 3 is 2.26 bits per heavy atom. The zero-order valence-corrected chi connectivity index (χ0v) is 13.6. The molecule has 1 rings (SSSR count). The second kappa shape index (κ2) is 6.53. The predicted octanol–water partition coefficient (Wildman–Crippen LogP) is 3.99. The Morgan fingerprint density at radius 2 is 1.79 bits per heavy atom. The van der Waals surface area contributed by atoms with Gasteiger partial charge in [0.2, 0.25) is 0 Å². The van der Waals surface area contributed by atoms with Crippen LogP contribution in [0, 0.1) is 6.92 Å². The summed E-state index contributed by atoms with van der Waals surface area (Å²) in [6.45, 7) is 10.1. The van der Waals surface area contributed by atoms with E-state index in [1.54, 1.807) is 12.1 Å². The number of nitrogens with two attached hydrogens (primary N) is 1. The van der Waals surface area contributed by atoms with E-state index >= 15 is 0 Å². The molecule has 0 saturated heterocycles. The minimum Gasteiger partial charge on any atom is -0.398 e. The maximum Gasteiger partial charge on any atom is 0.285 e. The van der Waals surface area contributed by atoms with Gasteiger partial charge in [0.05, 0.1) is 5.56 Å². The van der Waals surface area contributed by atoms with Gasteiger partial charge in [-0.2, -0.15) is 4.36 Å². The fourth-order valence-electron chi connectivity index (χ4n) is 1.83. The van der Waals surface area contributed by atoms with Crippen molar-refractivity contribution in [3.8, 4) is 0 Å². The first-order valence-electron chi connectivity index (χ1n) is 6.27. The molecular formula is C14H21ClN2OS. The van der Waals surface area contributed by atoms with Crippen molar-refractivity contribution in [1.82, 2.24) is 0 Å². The van der Waals surface area contributed by atoms with Crippen LogP contribution in [0.3, 0.4) is 0 Å². The summed E-state index contributed by atoms with van der Waals surface area (Å²) in [7, 11) is -0.303. The van der Waals surface area contributed by atoms with Gasteiger partial charge in [-0.1, -0.05) is 50.0 Å². The summed E-state index contributed by atoms with van der Waals surface area (Å²) in [5.41, 5.74) is 7.62. The topological polar surface area (TPSA) is 55.5 Å². The number of anilines is 1. The minimum atomic E-state index is -0.303. The Morgan fingerprint density at radius 1 is 1.26 bits per heavy atom. The number of halogens is 1. The van der Waals surface area contributed by atoms with Crippen LogP contribution in [0.15, 0.2) is 16.5 Å². The number of hydrogen-bond donors (Lipinski definition) is 1. The van der Waals surface area contributed by atoms with Gasteiger partial charge in [-0.3, -0.25) is 4.79 Å². The summed E-state index contributed by atoms with van der Waals surface area (Å²) in [6, 6.07) is 3.34. The van der Waals surface area contributed by atoms with Crippen LogP contribution in [0.2, 0.25) is 5.02 Å². The number of carbonyl (C=O) groups is 1. The molecular weight excluding hydrogens is 280 g/mol. The second-order valence-electron chi connectivity index (χ2n) is 5.02. The number of aryl methyl sites for hydroxylation is 1. The molecule has 2 N–H and O–H groups in total. The van der Waals surface area contributed by atoms with Gasteiger partial charge in [0, 0.05) is 21.2 Å². The van der Waals surface area contributed by atoms with Crippen LogP contribution in [0.25, 0.3) is 0 Å². The van der Waals surface area contributed by atoms with E-state index in [-0.39, 0.29) is 16.6 Å². The Balaban J connectivity index is 3.24. The Hall–Kier alpha value is -0.870. The van der Waals surface area contributed by atoms with Crippen molar-refractivity contribution in [2.75, 3.05) is 5.73 Å². The molecule has 3 nitrogen and oxygen atoms in total. The highest BCUT2D eigenvalue weighted by Gasteiger charge is 2.15. The Labute approximate surface area is 122 Å². The van der Waals surface area contributed by atoms with E-state index in [4.69, 9.17) is 17.3 Å². The van der Waals surface area contributed by atoms with Crippen molar-refractivity contribution in [2.24, 2.45) is 4.36 Å². The molecule has 1 aromatic carbocycles. The summed E-state index contributed by atoms with van der Waals surface area (Å²) in [6.07, 6.45) is 0. The first-order chi connectivity index (χ1) is 8.73. The number of rotatable bonds is 3. The molecule has 1 aromatic rings. The molecule has 0 heterocycles. The fraction of sp³-hybridized carbons (Fsp3) is 0.500. The molecule has 0 aliphatic carbocycles. The molecule has 1 amide bonds. The van der Waals surface area contributed by atoms with Crippen LogP contribution < -0.4 is 5.73 Å². The lowest BCUT2D eigenvalue weighted by atomic mass is 10.1. The van der Waals surface area contributed by atoms with Gasteiger partial charge in [0.25, 0.3) is 5.91 Å². The highest BCUT2D eigenvalue weighted by molar-refractivity contribution is 7.88. The fourth-order valence-corrected chi connectivity index (χ4v) is 3.90. The van der Waals surface area contributed by atoms with E-state index in [0.717, 1.165) is 5.56 Å². The lowest BCUT2D eigenvalue weighted by Gasteiger charge is -2.15. The van der Waals surface area contributed by atoms with Crippen LogP contribution in [0.4, 0.5) is 5.69 Å². The summed E-state index contributed by atoms with van der Waals surface area (Å²) in [5, 5.41) is 1.19. The third-order valence-corrected chi connectivity index (χ3v) is 5.26. The number of carbonyl (C=O) groups excluding carboxylic acids is 1. The van der Waals surface area contributed by atoms with Crippen molar-refractivity contribution >= 4 is 33.9 Å². The smallest absolute Gasteiger partial charge is 0.285 e. The maximum atomic E-state index is 12.3. The third kappa shape index (κ3) is 4.05. The summed E-state index contributed by atoms with van der Waals surface area (Å²) in [5.74, 6) is -0.270. The first-order valence-corrected chi connectivity index (χ1v) is 7.96. The highest BCUT2D eigenvalue weighted by atomic mass is 35.5. The van der Waals surface area contributed by atoms with Crippen molar-refractivity contribution < 1.29 is 4.79 Å². The number of hydrogen-bond acceptors (Lipinski definition) is 2. The zero-order valence-electron chi connectivity index (χ0n) is 12.0. The highest BCUT2D eigenvalue weighted by Crippen LogP contribution is 2.24. The molecule has 0 aromatic heterocycles. The lowest BCUT2D eigenvalue weighted by molar-refractivity contribution is 0.101. The number of nitrogen functional groups attached to an aromatic ring is 1. The quantitative estimate of drug-likeness (QED) is 0.858. The molecule has 0 unspecified atom stereocenters. The van der Waals surface area contributed by atoms with Gasteiger partial charge in [-0.25, -0.2) is 0 Å². The monoisotopic (exact) mass is 300 g/mol. The van der Waals surface area contributed by atoms with Crippen LogP contribution in [0.1, 0.15) is 43.6 Å². The average Bonchev–Trinajstić information content (AvgIpc) is 2.29. The zero-order chi connectivity index (χ0) is 14.7. The lowest BCUT2D eigenvalue weighted by Crippen LogP contribution is -2.18. The average molecular weight is 301 g/mol. The van der Waals surface area contributed by atoms with Crippen molar-refractivity contribution in [3.05, 3.63) is 28.3 Å². The number of amides is 1. The molecule has 0 radical (unpaired) electrons. The molecule has 0 bridgehead atoms. The van der Waals surface area contributed by atoms with Crippen LogP contribution in [-0.4, -0.2) is 16.4 Å². The van der Waals surface area contributed by atoms with Gasteiger partial charge >= 0.3 is 0 Å². The molecule has 106 valence electrons. The minimum absolute atomic E-state index is 0.270. The summed E-state index contributed by atoms with van der Waals surface area (Å²) in [4.78, 5) is 12.3. The standard InChI is InChI=1S/C14H21ClN2OS/c1-8(2)19(9(3)4)17-14(18)12-7-11(15)6-10(5)13(12)16/h6-9H,16H2,1-5H3. The summed E-state index contributed by atoms with van der Waals surface area (Å²) >= 11 is 5.98. The number of benzene rings is 1. The summed E-state index contributed by atoms with van der Waals surface area (Å²) < 4.78 is 4.34. The van der Waals surface area contributed by atoms with Gasteiger partial charge < -0.3 is 5.73 Å². The third-order valence-electron chi connectivity index (χ3n) is 2.74. The molecule has 5 heteroatoms. The normalized spacial score (nSPS) is 11.4. The molecule has 0 spiro atoms. The van der Waals surface area contributed by atoms with Crippen molar-refractivity contribution in [3.63, 3.8) is 0 Å². The van der Waals surface area contributed by atoms with E-state index in [9.17, 15) is 4.79 Å².